The summed E-state index contributed by atoms with van der Waals surface area (Å²) >= 11 is 3.23. The van der Waals surface area contributed by atoms with Gasteiger partial charge in [-0.1, -0.05) is 0 Å². The molecule has 0 atom stereocenters. The molecule has 1 aromatic heterocycles. The van der Waals surface area contributed by atoms with E-state index in [-0.39, 0.29) is 11.5 Å². The van der Waals surface area contributed by atoms with E-state index in [4.69, 9.17) is 0 Å². The molecule has 2 rings (SSSR count). The van der Waals surface area contributed by atoms with Gasteiger partial charge in [0.25, 0.3) is 5.91 Å². The highest BCUT2D eigenvalue weighted by molar-refractivity contribution is 9.10. The lowest BCUT2D eigenvalue weighted by atomic mass is 10.2. The monoisotopic (exact) mass is 325 g/mol. The highest BCUT2D eigenvalue weighted by Crippen LogP contribution is 2.17. The number of hydrogen-bond acceptors (Lipinski definition) is 2. The van der Waals surface area contributed by atoms with Crippen LogP contribution in [0.15, 0.2) is 28.9 Å². The Labute approximate surface area is 118 Å². The first-order valence-corrected chi connectivity index (χ1v) is 6.49. The van der Waals surface area contributed by atoms with Crippen LogP contribution in [0.2, 0.25) is 0 Å². The van der Waals surface area contributed by atoms with Crippen molar-refractivity contribution >= 4 is 21.8 Å². The summed E-state index contributed by atoms with van der Waals surface area (Å²) < 4.78 is 15.4. The third-order valence-electron chi connectivity index (χ3n) is 2.73. The topological polar surface area (TPSA) is 46.9 Å². The Balaban J connectivity index is 2.09. The summed E-state index contributed by atoms with van der Waals surface area (Å²) in [6, 6.07) is 4.02. The van der Waals surface area contributed by atoms with Crippen LogP contribution in [0.3, 0.4) is 0 Å². The van der Waals surface area contributed by atoms with Gasteiger partial charge < -0.3 is 5.32 Å². The predicted molar refractivity (Wildman–Crippen MR) is 73.2 cm³/mol. The van der Waals surface area contributed by atoms with Gasteiger partial charge in [0.2, 0.25) is 0 Å². The number of hydrogen-bond donors (Lipinski definition) is 1. The Morgan fingerprint density at radius 1 is 1.53 bits per heavy atom. The molecule has 6 heteroatoms. The first-order valence-electron chi connectivity index (χ1n) is 5.69. The molecule has 0 fully saturated rings. The van der Waals surface area contributed by atoms with Crippen LogP contribution in [0.4, 0.5) is 4.39 Å². The Morgan fingerprint density at radius 2 is 2.26 bits per heavy atom. The third kappa shape index (κ3) is 3.20. The van der Waals surface area contributed by atoms with Crippen molar-refractivity contribution < 1.29 is 9.18 Å². The molecule has 0 aliphatic carbocycles. The average Bonchev–Trinajstić information content (AvgIpc) is 2.68. The molecule has 0 spiro atoms. The summed E-state index contributed by atoms with van der Waals surface area (Å²) in [5.74, 6) is -0.763. The smallest absolute Gasteiger partial charge is 0.252 e. The Morgan fingerprint density at radius 3 is 2.89 bits per heavy atom. The molecule has 2 aromatic rings. The molecule has 0 bridgehead atoms. The largest absolute Gasteiger partial charge is 0.348 e. The van der Waals surface area contributed by atoms with Gasteiger partial charge >= 0.3 is 0 Å². The number of nitrogens with one attached hydrogen (secondary N) is 1. The zero-order valence-electron chi connectivity index (χ0n) is 10.6. The molecule has 4 nitrogen and oxygen atoms in total. The minimum atomic E-state index is -0.439. The molecular weight excluding hydrogens is 313 g/mol. The van der Waals surface area contributed by atoms with E-state index >= 15 is 0 Å². The second kappa shape index (κ2) is 5.52. The van der Waals surface area contributed by atoms with Crippen LogP contribution in [0, 0.1) is 12.7 Å². The maximum Gasteiger partial charge on any atom is 0.252 e. The highest BCUT2D eigenvalue weighted by Gasteiger charge is 2.12. The molecule has 0 unspecified atom stereocenters. The van der Waals surface area contributed by atoms with Gasteiger partial charge in [-0.2, -0.15) is 5.10 Å². The zero-order valence-corrected chi connectivity index (χ0v) is 12.2. The minimum absolute atomic E-state index is 0.279. The van der Waals surface area contributed by atoms with Crippen molar-refractivity contribution in [1.29, 1.82) is 0 Å². The number of carbonyl (C=O) groups is 1. The summed E-state index contributed by atoms with van der Waals surface area (Å²) in [6.45, 7) is 2.24. The van der Waals surface area contributed by atoms with Crippen molar-refractivity contribution in [2.75, 3.05) is 0 Å². The average molecular weight is 326 g/mol. The lowest BCUT2D eigenvalue weighted by Gasteiger charge is -2.06. The number of carbonyl (C=O) groups excluding carboxylic acids is 1. The van der Waals surface area contributed by atoms with E-state index in [0.29, 0.717) is 11.0 Å². The first-order chi connectivity index (χ1) is 8.97. The number of halogens is 2. The summed E-state index contributed by atoms with van der Waals surface area (Å²) in [6.07, 6.45) is 1.84. The van der Waals surface area contributed by atoms with E-state index in [0.717, 1.165) is 11.3 Å². The fourth-order valence-corrected chi connectivity index (χ4v) is 2.19. The minimum Gasteiger partial charge on any atom is -0.348 e. The standard InChI is InChI=1S/C13H13BrFN3O/c1-8-9(7-18(2)17-8)6-16-13(19)11-5-10(15)3-4-12(11)14/h3-5,7H,6H2,1-2H3,(H,16,19). The maximum absolute atomic E-state index is 13.1. The number of benzene rings is 1. The van der Waals surface area contributed by atoms with E-state index in [1.165, 1.54) is 18.2 Å². The molecule has 1 heterocycles. The molecule has 19 heavy (non-hydrogen) atoms. The molecular formula is C13H13BrFN3O. The van der Waals surface area contributed by atoms with Crippen LogP contribution in [-0.4, -0.2) is 15.7 Å². The van der Waals surface area contributed by atoms with Crippen LogP contribution in [0.25, 0.3) is 0 Å². The maximum atomic E-state index is 13.1. The van der Waals surface area contributed by atoms with Crippen molar-refractivity contribution in [2.45, 2.75) is 13.5 Å². The summed E-state index contributed by atoms with van der Waals surface area (Å²) in [5, 5.41) is 6.94. The van der Waals surface area contributed by atoms with Gasteiger partial charge in [0, 0.05) is 29.8 Å². The number of amides is 1. The molecule has 0 aliphatic heterocycles. The summed E-state index contributed by atoms with van der Waals surface area (Å²) in [7, 11) is 1.82. The summed E-state index contributed by atoms with van der Waals surface area (Å²) in [4.78, 5) is 12.0. The van der Waals surface area contributed by atoms with E-state index < -0.39 is 5.82 Å². The van der Waals surface area contributed by atoms with Crippen molar-refractivity contribution in [3.8, 4) is 0 Å². The van der Waals surface area contributed by atoms with Crippen LogP contribution in [-0.2, 0) is 13.6 Å². The normalized spacial score (nSPS) is 10.5. The van der Waals surface area contributed by atoms with Gasteiger partial charge in [-0.15, -0.1) is 0 Å². The first kappa shape index (κ1) is 13.7. The van der Waals surface area contributed by atoms with Gasteiger partial charge in [-0.25, -0.2) is 4.39 Å². The van der Waals surface area contributed by atoms with Crippen molar-refractivity contribution in [1.82, 2.24) is 15.1 Å². The second-order valence-corrected chi connectivity index (χ2v) is 5.07. The van der Waals surface area contributed by atoms with Crippen molar-refractivity contribution in [3.63, 3.8) is 0 Å². The van der Waals surface area contributed by atoms with Gasteiger partial charge in [-0.3, -0.25) is 9.48 Å². The van der Waals surface area contributed by atoms with Gasteiger partial charge in [0.05, 0.1) is 11.3 Å². The van der Waals surface area contributed by atoms with Gasteiger partial charge in [0.1, 0.15) is 5.82 Å². The lowest BCUT2D eigenvalue weighted by Crippen LogP contribution is -2.23. The second-order valence-electron chi connectivity index (χ2n) is 4.22. The fourth-order valence-electron chi connectivity index (χ4n) is 1.76. The highest BCUT2D eigenvalue weighted by atomic mass is 79.9. The van der Waals surface area contributed by atoms with Crippen LogP contribution < -0.4 is 5.32 Å². The van der Waals surface area contributed by atoms with Crippen LogP contribution in [0.1, 0.15) is 21.6 Å². The Kier molecular flexibility index (Phi) is 3.99. The Bertz CT molecular complexity index is 624. The number of aryl methyl sites for hydroxylation is 2. The quantitative estimate of drug-likeness (QED) is 0.942. The molecule has 1 N–H and O–H groups in total. The molecule has 0 saturated carbocycles. The van der Waals surface area contributed by atoms with E-state index in [9.17, 15) is 9.18 Å². The van der Waals surface area contributed by atoms with Crippen LogP contribution >= 0.6 is 15.9 Å². The van der Waals surface area contributed by atoms with Gasteiger partial charge in [-0.05, 0) is 41.1 Å². The fraction of sp³-hybridized carbons (Fsp3) is 0.231. The number of nitrogens with zero attached hydrogens (tertiary/aromatic N) is 2. The van der Waals surface area contributed by atoms with Crippen LogP contribution in [0.5, 0.6) is 0 Å². The Hall–Kier alpha value is -1.69. The number of aromatic nitrogens is 2. The van der Waals surface area contributed by atoms with E-state index in [1.807, 2.05) is 20.2 Å². The molecule has 0 aliphatic rings. The summed E-state index contributed by atoms with van der Waals surface area (Å²) in [5.41, 5.74) is 2.08. The zero-order chi connectivity index (χ0) is 14.0. The van der Waals surface area contributed by atoms with E-state index in [1.54, 1.807) is 4.68 Å². The van der Waals surface area contributed by atoms with E-state index in [2.05, 4.69) is 26.3 Å². The SMILES string of the molecule is Cc1nn(C)cc1CNC(=O)c1cc(F)ccc1Br. The van der Waals surface area contributed by atoms with Gasteiger partial charge in [0.15, 0.2) is 0 Å². The molecule has 100 valence electrons. The number of rotatable bonds is 3. The lowest BCUT2D eigenvalue weighted by molar-refractivity contribution is 0.0949. The molecule has 1 amide bonds. The predicted octanol–water partition coefficient (Wildman–Crippen LogP) is 2.56. The van der Waals surface area contributed by atoms with Crippen molar-refractivity contribution in [3.05, 3.63) is 51.5 Å². The van der Waals surface area contributed by atoms with Crippen molar-refractivity contribution in [2.24, 2.45) is 7.05 Å². The molecule has 0 radical (unpaired) electrons. The third-order valence-corrected chi connectivity index (χ3v) is 3.42. The molecule has 1 aromatic carbocycles. The molecule has 0 saturated heterocycles.